The quantitative estimate of drug-likeness (QED) is 0.339. The van der Waals surface area contributed by atoms with Gasteiger partial charge in [0.15, 0.2) is 34.9 Å². The van der Waals surface area contributed by atoms with Crippen molar-refractivity contribution in [1.29, 1.82) is 0 Å². The van der Waals surface area contributed by atoms with E-state index in [2.05, 4.69) is 0 Å². The molecule has 0 amide bonds. The highest BCUT2D eigenvalue weighted by Crippen LogP contribution is 2.56. The predicted molar refractivity (Wildman–Crippen MR) is 142 cm³/mol. The van der Waals surface area contributed by atoms with Gasteiger partial charge in [0.1, 0.15) is 30.7 Å². The molecule has 5 atom stereocenters. The van der Waals surface area contributed by atoms with Crippen LogP contribution in [0.2, 0.25) is 0 Å². The summed E-state index contributed by atoms with van der Waals surface area (Å²) in [6.45, 7) is 3.33. The van der Waals surface area contributed by atoms with Gasteiger partial charge >= 0.3 is 11.9 Å². The number of hydrogen-bond donors (Lipinski definition) is 1. The van der Waals surface area contributed by atoms with Crippen LogP contribution in [0.3, 0.4) is 0 Å². The van der Waals surface area contributed by atoms with Crippen LogP contribution in [0.5, 0.6) is 28.7 Å². The van der Waals surface area contributed by atoms with Gasteiger partial charge in [0, 0.05) is 16.5 Å². The second-order valence-electron chi connectivity index (χ2n) is 11.1. The predicted octanol–water partition coefficient (Wildman–Crippen LogP) is 3.27. The van der Waals surface area contributed by atoms with Crippen LogP contribution in [0, 0.1) is 0 Å². The van der Waals surface area contributed by atoms with E-state index in [9.17, 15) is 9.90 Å². The fourth-order valence-electron chi connectivity index (χ4n) is 6.39. The highest BCUT2D eigenvalue weighted by Gasteiger charge is 2.75. The molecule has 3 fully saturated rings. The van der Waals surface area contributed by atoms with Gasteiger partial charge in [-0.2, -0.15) is 0 Å². The molecule has 5 unspecified atom stereocenters. The van der Waals surface area contributed by atoms with Crippen molar-refractivity contribution in [3.8, 4) is 39.9 Å². The van der Waals surface area contributed by atoms with Gasteiger partial charge in [0.25, 0.3) is 0 Å². The number of methoxy groups -OCH3 is 2. The van der Waals surface area contributed by atoms with Crippen molar-refractivity contribution in [2.24, 2.45) is 0 Å². The minimum atomic E-state index is -1.57. The Hall–Kier alpha value is -3.81. The lowest BCUT2D eigenvalue weighted by Crippen LogP contribution is -2.53. The monoisotopic (exact) mass is 580 g/mol. The lowest BCUT2D eigenvalue weighted by molar-refractivity contribution is -0.245. The van der Waals surface area contributed by atoms with Crippen molar-refractivity contribution in [2.45, 2.75) is 56.6 Å². The summed E-state index contributed by atoms with van der Waals surface area (Å²) in [4.78, 5) is 13.3. The van der Waals surface area contributed by atoms with E-state index in [0.29, 0.717) is 61.8 Å². The van der Waals surface area contributed by atoms with Crippen molar-refractivity contribution in [3.63, 3.8) is 0 Å². The fraction of sp³-hybridized carbons (Fsp3) is 0.433. The van der Waals surface area contributed by atoms with E-state index in [1.54, 1.807) is 32.0 Å². The van der Waals surface area contributed by atoms with E-state index < -0.39 is 42.1 Å². The molecule has 1 N–H and O–H groups in total. The van der Waals surface area contributed by atoms with Crippen molar-refractivity contribution in [3.05, 3.63) is 41.5 Å². The molecule has 0 bridgehead atoms. The number of aliphatic hydroxyl groups excluding tert-OH is 1. The lowest BCUT2D eigenvalue weighted by atomic mass is 9.89. The zero-order chi connectivity index (χ0) is 29.0. The summed E-state index contributed by atoms with van der Waals surface area (Å²) in [5.74, 6) is -0.546. The van der Waals surface area contributed by atoms with Gasteiger partial charge in [0.05, 0.1) is 26.4 Å². The maximum atomic E-state index is 13.3. The summed E-state index contributed by atoms with van der Waals surface area (Å²) in [5, 5.41) is 11.4. The molecule has 220 valence electrons. The molecule has 0 spiro atoms. The zero-order valence-electron chi connectivity index (χ0n) is 23.3. The maximum absolute atomic E-state index is 13.3. The Balaban J connectivity index is 1.32. The Morgan fingerprint density at radius 3 is 2.38 bits per heavy atom. The maximum Gasteiger partial charge on any atom is 0.359 e. The van der Waals surface area contributed by atoms with E-state index in [4.69, 9.17) is 47.4 Å². The first kappa shape index (κ1) is 25.9. The molecule has 42 heavy (non-hydrogen) atoms. The number of fused-ring (bicyclic) bond motifs is 6. The molecule has 0 saturated carbocycles. The third kappa shape index (κ3) is 3.62. The van der Waals surface area contributed by atoms with Crippen molar-refractivity contribution < 1.29 is 57.3 Å². The standard InChI is InChI=1S/C30H28O12/c1-29(2)39-25-21(10-31)38-30(27(42-30)26(25)40-29)41-24-15-9-19(34-4)18(33-3)8-14(15)22(23-16(24)11-35-28(23)32)13-5-6-17-20(7-13)37-12-36-17/h5-9,21,25-27,31H,10-12H2,1-4H3. The average molecular weight is 581 g/mol. The first-order chi connectivity index (χ1) is 20.3. The van der Waals surface area contributed by atoms with E-state index in [1.165, 1.54) is 14.2 Å². The Kier molecular flexibility index (Phi) is 5.45. The molecule has 0 aromatic heterocycles. The Labute approximate surface area is 239 Å². The van der Waals surface area contributed by atoms with Gasteiger partial charge in [-0.25, -0.2) is 4.79 Å². The Bertz CT molecular complexity index is 1650. The van der Waals surface area contributed by atoms with Crippen LogP contribution >= 0.6 is 0 Å². The van der Waals surface area contributed by atoms with Crippen LogP contribution in [0.1, 0.15) is 29.8 Å². The van der Waals surface area contributed by atoms with Crippen LogP contribution in [0.4, 0.5) is 0 Å². The summed E-state index contributed by atoms with van der Waals surface area (Å²) in [5.41, 5.74) is 2.19. The van der Waals surface area contributed by atoms with Crippen molar-refractivity contribution >= 4 is 16.7 Å². The highest BCUT2D eigenvalue weighted by atomic mass is 17.0. The lowest BCUT2D eigenvalue weighted by Gasteiger charge is -2.32. The van der Waals surface area contributed by atoms with Gasteiger partial charge in [-0.05, 0) is 49.1 Å². The molecular formula is C30H28O12. The molecule has 0 aliphatic carbocycles. The molecule has 3 aromatic rings. The molecular weight excluding hydrogens is 552 g/mol. The summed E-state index contributed by atoms with van der Waals surface area (Å²) in [7, 11) is 3.08. The van der Waals surface area contributed by atoms with E-state index in [0.717, 1.165) is 0 Å². The molecule has 12 nitrogen and oxygen atoms in total. The van der Waals surface area contributed by atoms with Gasteiger partial charge in [0.2, 0.25) is 6.79 Å². The molecule has 8 rings (SSSR count). The molecule has 5 aliphatic rings. The third-order valence-electron chi connectivity index (χ3n) is 8.23. The molecule has 3 aromatic carbocycles. The van der Waals surface area contributed by atoms with Crippen molar-refractivity contribution in [2.75, 3.05) is 27.6 Å². The van der Waals surface area contributed by atoms with Crippen LogP contribution in [-0.4, -0.2) is 74.9 Å². The SMILES string of the molecule is COc1cc2c(OC34OC(CO)C5OC(C)(C)OC5C3O4)c3c(c(-c4ccc5c(c4)OCO5)c2cc1OC)C(=O)OC3. The number of cyclic esters (lactones) is 1. The number of benzene rings is 3. The second kappa shape index (κ2) is 8.85. The summed E-state index contributed by atoms with van der Waals surface area (Å²) < 4.78 is 58.9. The minimum absolute atomic E-state index is 0.0335. The number of aliphatic hydroxyl groups is 1. The van der Waals surface area contributed by atoms with Crippen molar-refractivity contribution in [1.82, 2.24) is 0 Å². The fourth-order valence-corrected chi connectivity index (χ4v) is 6.39. The third-order valence-corrected chi connectivity index (χ3v) is 8.23. The van der Waals surface area contributed by atoms with Crippen LogP contribution in [-0.2, 0) is 30.3 Å². The Morgan fingerprint density at radius 2 is 1.62 bits per heavy atom. The van der Waals surface area contributed by atoms with Gasteiger partial charge in [-0.1, -0.05) is 6.07 Å². The zero-order valence-corrected chi connectivity index (χ0v) is 23.3. The smallest absolute Gasteiger partial charge is 0.359 e. The normalized spacial score (nSPS) is 29.5. The number of epoxide rings is 1. The van der Waals surface area contributed by atoms with E-state index in [-0.39, 0.29) is 20.0 Å². The number of rotatable bonds is 6. The topological polar surface area (TPSA) is 133 Å². The summed E-state index contributed by atoms with van der Waals surface area (Å²) in [6.07, 6.45) is -2.48. The number of ether oxygens (including phenoxy) is 10. The van der Waals surface area contributed by atoms with E-state index in [1.807, 2.05) is 12.1 Å². The second-order valence-corrected chi connectivity index (χ2v) is 11.1. The Morgan fingerprint density at radius 1 is 0.881 bits per heavy atom. The molecule has 0 radical (unpaired) electrons. The molecule has 12 heteroatoms. The summed E-state index contributed by atoms with van der Waals surface area (Å²) in [6, 6.07) is 9.06. The number of hydrogen-bond acceptors (Lipinski definition) is 12. The van der Waals surface area contributed by atoms with E-state index >= 15 is 0 Å². The summed E-state index contributed by atoms with van der Waals surface area (Å²) >= 11 is 0. The average Bonchev–Trinajstić information content (AvgIpc) is 3.25. The minimum Gasteiger partial charge on any atom is -0.493 e. The first-order valence-corrected chi connectivity index (χ1v) is 13.6. The van der Waals surface area contributed by atoms with Crippen LogP contribution < -0.4 is 23.7 Å². The van der Waals surface area contributed by atoms with Gasteiger partial charge < -0.3 is 47.7 Å². The first-order valence-electron chi connectivity index (χ1n) is 13.6. The number of esters is 1. The van der Waals surface area contributed by atoms with Crippen LogP contribution in [0.25, 0.3) is 21.9 Å². The molecule has 3 saturated heterocycles. The van der Waals surface area contributed by atoms with Crippen LogP contribution in [0.15, 0.2) is 30.3 Å². The largest absolute Gasteiger partial charge is 0.493 e. The molecule has 5 heterocycles. The number of carbonyl (C=O) groups excluding carboxylic acids is 1. The van der Waals surface area contributed by atoms with Gasteiger partial charge in [-0.3, -0.25) is 4.74 Å². The van der Waals surface area contributed by atoms with Gasteiger partial charge in [-0.15, -0.1) is 0 Å². The molecule has 5 aliphatic heterocycles. The highest BCUT2D eigenvalue weighted by molar-refractivity contribution is 6.14. The number of carbonyl (C=O) groups is 1.